The average molecular weight is 233 g/mol. The number of rotatable bonds is 0. The SMILES string of the molecule is CC(C)(C)OC(=O)N1CC(O)C(O)C(O)C1. The van der Waals surface area contributed by atoms with Gasteiger partial charge in [0.05, 0.1) is 13.1 Å². The van der Waals surface area contributed by atoms with Gasteiger partial charge >= 0.3 is 6.09 Å². The molecular formula is C10H19NO5. The van der Waals surface area contributed by atoms with Crippen LogP contribution in [0.3, 0.4) is 0 Å². The summed E-state index contributed by atoms with van der Waals surface area (Å²) in [6.07, 6.45) is -4.09. The Labute approximate surface area is 94.4 Å². The van der Waals surface area contributed by atoms with Crippen molar-refractivity contribution in [2.45, 2.75) is 44.7 Å². The van der Waals surface area contributed by atoms with E-state index < -0.39 is 30.0 Å². The van der Waals surface area contributed by atoms with Crippen molar-refractivity contribution in [2.75, 3.05) is 13.1 Å². The summed E-state index contributed by atoms with van der Waals surface area (Å²) in [4.78, 5) is 12.8. The van der Waals surface area contributed by atoms with Gasteiger partial charge in [0, 0.05) is 0 Å². The predicted octanol–water partition coefficient (Wildman–Crippen LogP) is -0.680. The molecule has 0 saturated carbocycles. The summed E-state index contributed by atoms with van der Waals surface area (Å²) >= 11 is 0. The molecule has 0 aliphatic carbocycles. The molecule has 1 aliphatic rings. The van der Waals surface area contributed by atoms with Crippen molar-refractivity contribution >= 4 is 6.09 Å². The molecule has 0 aromatic heterocycles. The topological polar surface area (TPSA) is 90.2 Å². The van der Waals surface area contributed by atoms with E-state index in [9.17, 15) is 20.1 Å². The molecule has 6 nitrogen and oxygen atoms in total. The molecular weight excluding hydrogens is 214 g/mol. The number of carbonyl (C=O) groups is 1. The molecule has 3 N–H and O–H groups in total. The Morgan fingerprint density at radius 2 is 1.62 bits per heavy atom. The number of aliphatic hydroxyl groups is 3. The number of piperidine rings is 1. The van der Waals surface area contributed by atoms with Gasteiger partial charge in [0.2, 0.25) is 0 Å². The van der Waals surface area contributed by atoms with Crippen molar-refractivity contribution in [2.24, 2.45) is 0 Å². The minimum absolute atomic E-state index is 0.0346. The van der Waals surface area contributed by atoms with Gasteiger partial charge in [-0.3, -0.25) is 0 Å². The molecule has 1 fully saturated rings. The van der Waals surface area contributed by atoms with E-state index in [1.807, 2.05) is 0 Å². The fraction of sp³-hybridized carbons (Fsp3) is 0.900. The summed E-state index contributed by atoms with van der Waals surface area (Å²) in [6.45, 7) is 5.13. The van der Waals surface area contributed by atoms with Crippen LogP contribution in [-0.4, -0.2) is 63.3 Å². The van der Waals surface area contributed by atoms with Crippen LogP contribution in [0.1, 0.15) is 20.8 Å². The summed E-state index contributed by atoms with van der Waals surface area (Å²) in [5.74, 6) is 0. The number of carbonyl (C=O) groups excluding carboxylic acids is 1. The second-order valence-electron chi connectivity index (χ2n) is 5.01. The van der Waals surface area contributed by atoms with E-state index in [-0.39, 0.29) is 13.1 Å². The third-order valence-electron chi connectivity index (χ3n) is 2.26. The number of ether oxygens (including phenoxy) is 1. The van der Waals surface area contributed by atoms with Crippen molar-refractivity contribution < 1.29 is 24.9 Å². The molecule has 6 heteroatoms. The maximum Gasteiger partial charge on any atom is 0.410 e. The van der Waals surface area contributed by atoms with Gasteiger partial charge in [-0.25, -0.2) is 4.79 Å². The van der Waals surface area contributed by atoms with Crippen LogP contribution in [0.25, 0.3) is 0 Å². The quantitative estimate of drug-likeness (QED) is 0.516. The maximum atomic E-state index is 11.6. The number of amides is 1. The van der Waals surface area contributed by atoms with E-state index in [1.54, 1.807) is 20.8 Å². The van der Waals surface area contributed by atoms with Gasteiger partial charge in [0.1, 0.15) is 23.9 Å². The third-order valence-corrected chi connectivity index (χ3v) is 2.26. The van der Waals surface area contributed by atoms with E-state index in [0.717, 1.165) is 0 Å². The number of nitrogens with zero attached hydrogens (tertiary/aromatic N) is 1. The lowest BCUT2D eigenvalue weighted by Gasteiger charge is -2.37. The Hall–Kier alpha value is -0.850. The summed E-state index contributed by atoms with van der Waals surface area (Å²) in [6, 6.07) is 0. The third kappa shape index (κ3) is 3.33. The van der Waals surface area contributed by atoms with Crippen molar-refractivity contribution in [1.29, 1.82) is 0 Å². The normalized spacial score (nSPS) is 31.4. The van der Waals surface area contributed by atoms with Crippen LogP contribution in [0.2, 0.25) is 0 Å². The molecule has 1 heterocycles. The fourth-order valence-electron chi connectivity index (χ4n) is 1.47. The lowest BCUT2D eigenvalue weighted by Crippen LogP contribution is -2.57. The van der Waals surface area contributed by atoms with Gasteiger partial charge in [-0.2, -0.15) is 0 Å². The summed E-state index contributed by atoms with van der Waals surface area (Å²) < 4.78 is 5.09. The molecule has 0 spiro atoms. The highest BCUT2D eigenvalue weighted by atomic mass is 16.6. The number of hydrogen-bond acceptors (Lipinski definition) is 5. The molecule has 1 aliphatic heterocycles. The molecule has 0 bridgehead atoms. The minimum atomic E-state index is -1.21. The summed E-state index contributed by atoms with van der Waals surface area (Å²) in [5.41, 5.74) is -0.622. The molecule has 1 saturated heterocycles. The zero-order chi connectivity index (χ0) is 12.5. The van der Waals surface area contributed by atoms with Crippen LogP contribution >= 0.6 is 0 Å². The van der Waals surface area contributed by atoms with Crippen molar-refractivity contribution in [3.63, 3.8) is 0 Å². The van der Waals surface area contributed by atoms with Crippen LogP contribution in [0.15, 0.2) is 0 Å². The zero-order valence-corrected chi connectivity index (χ0v) is 9.75. The van der Waals surface area contributed by atoms with E-state index in [0.29, 0.717) is 0 Å². The van der Waals surface area contributed by atoms with E-state index >= 15 is 0 Å². The predicted molar refractivity (Wildman–Crippen MR) is 55.8 cm³/mol. The fourth-order valence-corrected chi connectivity index (χ4v) is 1.47. The van der Waals surface area contributed by atoms with Crippen molar-refractivity contribution in [3.05, 3.63) is 0 Å². The largest absolute Gasteiger partial charge is 0.444 e. The number of aliphatic hydroxyl groups excluding tert-OH is 3. The lowest BCUT2D eigenvalue weighted by atomic mass is 10.0. The smallest absolute Gasteiger partial charge is 0.410 e. The molecule has 0 aromatic rings. The van der Waals surface area contributed by atoms with Crippen LogP contribution in [-0.2, 0) is 4.74 Å². The first-order valence-corrected chi connectivity index (χ1v) is 5.23. The lowest BCUT2D eigenvalue weighted by molar-refractivity contribution is -0.109. The maximum absolute atomic E-state index is 11.6. The zero-order valence-electron chi connectivity index (χ0n) is 9.75. The first kappa shape index (κ1) is 13.2. The second-order valence-corrected chi connectivity index (χ2v) is 5.01. The molecule has 0 aromatic carbocycles. The highest BCUT2D eigenvalue weighted by Crippen LogP contribution is 2.16. The van der Waals surface area contributed by atoms with Crippen molar-refractivity contribution in [3.8, 4) is 0 Å². The highest BCUT2D eigenvalue weighted by molar-refractivity contribution is 5.68. The van der Waals surface area contributed by atoms with Gasteiger partial charge in [-0.1, -0.05) is 0 Å². The van der Waals surface area contributed by atoms with Gasteiger partial charge in [0.15, 0.2) is 0 Å². The molecule has 16 heavy (non-hydrogen) atoms. The van der Waals surface area contributed by atoms with E-state index in [2.05, 4.69) is 0 Å². The Bertz CT molecular complexity index is 250. The van der Waals surface area contributed by atoms with Crippen molar-refractivity contribution in [1.82, 2.24) is 4.90 Å². The van der Waals surface area contributed by atoms with Gasteiger partial charge in [-0.05, 0) is 20.8 Å². The van der Waals surface area contributed by atoms with Crippen LogP contribution < -0.4 is 0 Å². The van der Waals surface area contributed by atoms with Crippen LogP contribution in [0.4, 0.5) is 4.79 Å². The highest BCUT2D eigenvalue weighted by Gasteiger charge is 2.37. The first-order valence-electron chi connectivity index (χ1n) is 5.23. The van der Waals surface area contributed by atoms with E-state index in [4.69, 9.17) is 4.74 Å². The van der Waals surface area contributed by atoms with Crippen LogP contribution in [0, 0.1) is 0 Å². The Kier molecular flexibility index (Phi) is 3.77. The van der Waals surface area contributed by atoms with E-state index in [1.165, 1.54) is 4.90 Å². The number of β-amino-alcohol motifs (C(OH)–C–C–N with tert-alkyl or cyclic N) is 2. The number of likely N-dealkylation sites (tertiary alicyclic amines) is 1. The molecule has 94 valence electrons. The standard InChI is InChI=1S/C10H19NO5/c1-10(2,3)16-9(15)11-4-6(12)8(14)7(13)5-11/h6-8,12-14H,4-5H2,1-3H3. The molecule has 1 rings (SSSR count). The summed E-state index contributed by atoms with van der Waals surface area (Å²) in [5, 5.41) is 28.1. The first-order chi connectivity index (χ1) is 7.20. The second kappa shape index (κ2) is 4.57. The Morgan fingerprint density at radius 3 is 2.00 bits per heavy atom. The Morgan fingerprint density at radius 1 is 1.19 bits per heavy atom. The molecule has 2 atom stereocenters. The molecule has 2 unspecified atom stereocenters. The average Bonchev–Trinajstić information content (AvgIpc) is 2.10. The summed E-state index contributed by atoms with van der Waals surface area (Å²) in [7, 11) is 0. The van der Waals surface area contributed by atoms with Gasteiger partial charge in [0.25, 0.3) is 0 Å². The molecule has 1 amide bonds. The Balaban J connectivity index is 2.58. The van der Waals surface area contributed by atoms with Crippen LogP contribution in [0.5, 0.6) is 0 Å². The van der Waals surface area contributed by atoms with Gasteiger partial charge < -0.3 is 25.0 Å². The number of hydrogen-bond donors (Lipinski definition) is 3. The minimum Gasteiger partial charge on any atom is -0.444 e. The van der Waals surface area contributed by atoms with Gasteiger partial charge in [-0.15, -0.1) is 0 Å². The molecule has 0 radical (unpaired) electrons. The monoisotopic (exact) mass is 233 g/mol.